The number of nitrogens with zero attached hydrogens (tertiary/aromatic N) is 1. The number of phenolic OH excluding ortho intramolecular Hbond substituents is 1. The number of carboxylic acid groups (broad SMARTS) is 1. The summed E-state index contributed by atoms with van der Waals surface area (Å²) in [6.07, 6.45) is -0.245. The molecule has 1 aromatic carbocycles. The lowest BCUT2D eigenvalue weighted by atomic mass is 9.97. The summed E-state index contributed by atoms with van der Waals surface area (Å²) in [5, 5.41) is 50.7. The lowest BCUT2D eigenvalue weighted by Gasteiger charge is -2.31. The summed E-state index contributed by atoms with van der Waals surface area (Å²) in [5.74, 6) is -6.57. The SMILES string of the molecule is CC[C@H](C)[C@H](NC(=O)[C@@H]1CCCN1C(=O)[C@H](C)N)C(=O)N[C@H](C(=O)N[C@@H](C)C(=O)N[C@@H](Cc1ccc(O)cc1)C(=O)N[C@@H](CO)C(=O)O)[C@@H](C)O. The van der Waals surface area contributed by atoms with Crippen LogP contribution in [-0.2, 0) is 40.0 Å². The third-order valence-electron chi connectivity index (χ3n) is 8.64. The van der Waals surface area contributed by atoms with Crippen LogP contribution in [0, 0.1) is 5.92 Å². The van der Waals surface area contributed by atoms with Crippen molar-refractivity contribution < 1.29 is 54.0 Å². The Morgan fingerprint density at radius 2 is 1.43 bits per heavy atom. The zero-order chi connectivity index (χ0) is 38.6. The Balaban J connectivity index is 2.18. The fourth-order valence-electron chi connectivity index (χ4n) is 5.36. The molecule has 0 bridgehead atoms. The number of rotatable bonds is 18. The largest absolute Gasteiger partial charge is 0.508 e. The molecule has 0 spiro atoms. The molecule has 1 heterocycles. The highest BCUT2D eigenvalue weighted by molar-refractivity contribution is 5.97. The number of aromatic hydroxyl groups is 1. The van der Waals surface area contributed by atoms with Crippen LogP contribution in [0.5, 0.6) is 5.75 Å². The summed E-state index contributed by atoms with van der Waals surface area (Å²) >= 11 is 0. The van der Waals surface area contributed by atoms with Crippen molar-refractivity contribution >= 4 is 41.4 Å². The highest BCUT2D eigenvalue weighted by Gasteiger charge is 2.39. The standard InChI is InChI=1S/C33H51N7O11/c1-6-16(2)25(38-29(46)24-8-7-13-40(24)32(49)17(3)34)30(47)39-26(19(5)42)31(48)35-18(4)27(44)36-22(14-20-9-11-21(43)12-10-20)28(45)37-23(15-41)33(50)51/h9-12,16-19,22-26,41-43H,6-8,13-15,34H2,1-5H3,(H,35,48)(H,36,44)(H,37,45)(H,38,46)(H,39,47)(H,50,51)/t16-,17-,18-,19+,22-,23-,24-,25-,26-/m0/s1. The third-order valence-corrected chi connectivity index (χ3v) is 8.64. The highest BCUT2D eigenvalue weighted by Crippen LogP contribution is 2.20. The predicted molar refractivity (Wildman–Crippen MR) is 181 cm³/mol. The van der Waals surface area contributed by atoms with E-state index in [0.717, 1.165) is 0 Å². The Morgan fingerprint density at radius 1 is 0.843 bits per heavy atom. The van der Waals surface area contributed by atoms with Gasteiger partial charge in [-0.15, -0.1) is 0 Å². The van der Waals surface area contributed by atoms with Gasteiger partial charge in [-0.2, -0.15) is 0 Å². The zero-order valence-electron chi connectivity index (χ0n) is 29.4. The first kappa shape index (κ1) is 42.4. The first-order chi connectivity index (χ1) is 23.9. The molecule has 6 amide bonds. The molecule has 51 heavy (non-hydrogen) atoms. The normalized spacial score (nSPS) is 18.8. The smallest absolute Gasteiger partial charge is 0.328 e. The summed E-state index contributed by atoms with van der Waals surface area (Å²) in [6.45, 7) is 6.93. The van der Waals surface area contributed by atoms with Crippen LogP contribution < -0.4 is 32.3 Å². The fraction of sp³-hybridized carbons (Fsp3) is 0.606. The minimum atomic E-state index is -1.66. The second kappa shape index (κ2) is 19.5. The molecule has 1 fully saturated rings. The first-order valence-electron chi connectivity index (χ1n) is 16.8. The summed E-state index contributed by atoms with van der Waals surface area (Å²) < 4.78 is 0. The first-order valence-corrected chi connectivity index (χ1v) is 16.8. The van der Waals surface area contributed by atoms with E-state index in [1.165, 1.54) is 49.9 Å². The van der Waals surface area contributed by atoms with Crippen LogP contribution in [0.1, 0.15) is 59.4 Å². The van der Waals surface area contributed by atoms with Gasteiger partial charge in [0.1, 0.15) is 42.0 Å². The Bertz CT molecular complexity index is 1410. The number of aliphatic hydroxyl groups excluding tert-OH is 2. The molecule has 0 radical (unpaired) electrons. The van der Waals surface area contributed by atoms with E-state index < -0.39 is 102 Å². The number of amides is 6. The number of benzene rings is 1. The second-order valence-corrected chi connectivity index (χ2v) is 12.8. The molecule has 0 unspecified atom stereocenters. The molecular formula is C33H51N7O11. The number of nitrogens with one attached hydrogen (secondary N) is 5. The topological polar surface area (TPSA) is 290 Å². The van der Waals surface area contributed by atoms with E-state index in [-0.39, 0.29) is 12.2 Å². The summed E-state index contributed by atoms with van der Waals surface area (Å²) in [7, 11) is 0. The molecular weight excluding hydrogens is 670 g/mol. The monoisotopic (exact) mass is 721 g/mol. The Morgan fingerprint density at radius 3 is 1.96 bits per heavy atom. The van der Waals surface area contributed by atoms with Gasteiger partial charge in [0.05, 0.1) is 18.8 Å². The molecule has 284 valence electrons. The average molecular weight is 722 g/mol. The zero-order valence-corrected chi connectivity index (χ0v) is 29.4. The molecule has 0 saturated carbocycles. The fourth-order valence-corrected chi connectivity index (χ4v) is 5.36. The van der Waals surface area contributed by atoms with Crippen LogP contribution in [0.15, 0.2) is 24.3 Å². The quantitative estimate of drug-likeness (QED) is 0.0737. The van der Waals surface area contributed by atoms with Gasteiger partial charge in [-0.05, 0) is 57.2 Å². The van der Waals surface area contributed by atoms with Crippen molar-refractivity contribution in [2.75, 3.05) is 13.2 Å². The number of carbonyl (C=O) groups is 7. The van der Waals surface area contributed by atoms with E-state index in [2.05, 4.69) is 26.6 Å². The van der Waals surface area contributed by atoms with Crippen molar-refractivity contribution in [3.05, 3.63) is 29.8 Å². The molecule has 0 aliphatic carbocycles. The number of hydrogen-bond acceptors (Lipinski definition) is 11. The number of likely N-dealkylation sites (tertiary alicyclic amines) is 1. The van der Waals surface area contributed by atoms with Gasteiger partial charge in [0, 0.05) is 13.0 Å². The molecule has 18 heteroatoms. The van der Waals surface area contributed by atoms with Crippen molar-refractivity contribution in [2.24, 2.45) is 11.7 Å². The number of phenols is 1. The number of aliphatic hydroxyl groups is 2. The van der Waals surface area contributed by atoms with E-state index in [4.69, 9.17) is 5.73 Å². The van der Waals surface area contributed by atoms with Gasteiger partial charge in [-0.1, -0.05) is 32.4 Å². The molecule has 1 saturated heterocycles. The second-order valence-electron chi connectivity index (χ2n) is 12.8. The molecule has 18 nitrogen and oxygen atoms in total. The maximum absolute atomic E-state index is 13.5. The lowest BCUT2D eigenvalue weighted by Crippen LogP contribution is -2.62. The lowest BCUT2D eigenvalue weighted by molar-refractivity contribution is -0.143. The van der Waals surface area contributed by atoms with E-state index in [9.17, 15) is 54.0 Å². The van der Waals surface area contributed by atoms with E-state index in [1.807, 2.05) is 0 Å². The Kier molecular flexibility index (Phi) is 16.2. The van der Waals surface area contributed by atoms with E-state index in [1.54, 1.807) is 13.8 Å². The van der Waals surface area contributed by atoms with E-state index >= 15 is 0 Å². The van der Waals surface area contributed by atoms with Crippen LogP contribution in [-0.4, -0.2) is 128 Å². The number of hydrogen-bond donors (Lipinski definition) is 10. The van der Waals surface area contributed by atoms with Gasteiger partial charge in [-0.25, -0.2) is 4.79 Å². The Labute approximate surface area is 295 Å². The van der Waals surface area contributed by atoms with Crippen LogP contribution in [0.3, 0.4) is 0 Å². The van der Waals surface area contributed by atoms with Crippen molar-refractivity contribution in [3.63, 3.8) is 0 Å². The van der Waals surface area contributed by atoms with Crippen molar-refractivity contribution in [1.82, 2.24) is 31.5 Å². The summed E-state index contributed by atoms with van der Waals surface area (Å²) in [5.41, 5.74) is 6.21. The van der Waals surface area contributed by atoms with Crippen molar-refractivity contribution in [1.29, 1.82) is 0 Å². The molecule has 2 rings (SSSR count). The van der Waals surface area contributed by atoms with Crippen LogP contribution in [0.25, 0.3) is 0 Å². The van der Waals surface area contributed by atoms with Gasteiger partial charge in [0.15, 0.2) is 0 Å². The van der Waals surface area contributed by atoms with E-state index in [0.29, 0.717) is 31.4 Å². The highest BCUT2D eigenvalue weighted by atomic mass is 16.4. The maximum Gasteiger partial charge on any atom is 0.328 e. The van der Waals surface area contributed by atoms with Crippen LogP contribution in [0.2, 0.25) is 0 Å². The molecule has 9 atom stereocenters. The summed E-state index contributed by atoms with van der Waals surface area (Å²) in [4.78, 5) is 91.6. The van der Waals surface area contributed by atoms with Gasteiger partial charge >= 0.3 is 5.97 Å². The molecule has 1 aromatic rings. The number of nitrogens with two attached hydrogens (primary N) is 1. The summed E-state index contributed by atoms with van der Waals surface area (Å²) in [6, 6.07) is -3.16. The molecule has 0 aromatic heterocycles. The van der Waals surface area contributed by atoms with Crippen LogP contribution in [0.4, 0.5) is 0 Å². The number of carbonyl (C=O) groups excluding carboxylic acids is 6. The van der Waals surface area contributed by atoms with Gasteiger partial charge in [0.2, 0.25) is 35.4 Å². The van der Waals surface area contributed by atoms with Crippen LogP contribution >= 0.6 is 0 Å². The average Bonchev–Trinajstić information content (AvgIpc) is 3.57. The number of carboxylic acids is 1. The molecule has 1 aliphatic rings. The van der Waals surface area contributed by atoms with Crippen molar-refractivity contribution in [3.8, 4) is 5.75 Å². The minimum absolute atomic E-state index is 0.0573. The molecule has 1 aliphatic heterocycles. The maximum atomic E-state index is 13.5. The minimum Gasteiger partial charge on any atom is -0.508 e. The molecule has 11 N–H and O–H groups in total. The van der Waals surface area contributed by atoms with Gasteiger partial charge in [-0.3, -0.25) is 28.8 Å². The van der Waals surface area contributed by atoms with Gasteiger partial charge < -0.3 is 57.6 Å². The third kappa shape index (κ3) is 12.2. The predicted octanol–water partition coefficient (Wildman–Crippen LogP) is -2.78. The Hall–Kier alpha value is -4.81. The van der Waals surface area contributed by atoms with Gasteiger partial charge in [0.25, 0.3) is 0 Å². The van der Waals surface area contributed by atoms with Crippen molar-refractivity contribution in [2.45, 2.75) is 109 Å². The number of aliphatic carboxylic acids is 1.